The van der Waals surface area contributed by atoms with Crippen LogP contribution >= 0.6 is 0 Å². The molecule has 4 N–H and O–H groups in total. The van der Waals surface area contributed by atoms with Crippen molar-refractivity contribution in [3.05, 3.63) is 10.4 Å². The average Bonchev–Trinajstić information content (AvgIpc) is 3.52. The Kier molecular flexibility index (Phi) is 25.5. The molecule has 0 saturated heterocycles. The summed E-state index contributed by atoms with van der Waals surface area (Å²) < 4.78 is 6.15. The highest BCUT2D eigenvalue weighted by Crippen LogP contribution is 2.29. The van der Waals surface area contributed by atoms with Crippen LogP contribution in [0.25, 0.3) is 0 Å². The summed E-state index contributed by atoms with van der Waals surface area (Å²) in [6.07, 6.45) is 34.2. The van der Waals surface area contributed by atoms with E-state index in [1.54, 1.807) is 4.90 Å². The quantitative estimate of drug-likeness (QED) is 0.0596. The molecular formula is C41H75N5O4. The standard InChI is InChI=1S/C41H75N5O4/c1-3-5-7-9-11-13-15-17-19-21-23-25-27-30-35(47)31-29-33-50-40(46-34-43-37-38(46)44-41(42)45-39(37)49)36(48)32-28-26-24-22-20-18-16-14-12-10-8-6-4-2/h40,43H,3-34H2,1-2H3,(H3,42,44,45,49). The number of unbranched alkanes of at least 4 members (excludes halogenated alkanes) is 24. The largest absolute Gasteiger partial charge is 0.369 e. The van der Waals surface area contributed by atoms with Crippen LogP contribution < -0.4 is 21.5 Å². The normalized spacial score (nSPS) is 13.0. The molecular weight excluding hydrogens is 626 g/mol. The molecule has 1 aliphatic rings. The molecule has 0 radical (unpaired) electrons. The lowest BCUT2D eigenvalue weighted by atomic mass is 10.0. The molecule has 2 heterocycles. The number of ether oxygens (including phenoxy) is 1. The van der Waals surface area contributed by atoms with Crippen molar-refractivity contribution in [1.29, 1.82) is 0 Å². The lowest BCUT2D eigenvalue weighted by molar-refractivity contribution is -0.130. The number of carbonyl (C=O) groups is 2. The minimum absolute atomic E-state index is 0.00362. The second kappa shape index (κ2) is 29.2. The number of hydrogen-bond donors (Lipinski definition) is 3. The van der Waals surface area contributed by atoms with Gasteiger partial charge in [-0.3, -0.25) is 19.4 Å². The van der Waals surface area contributed by atoms with Gasteiger partial charge in [-0.1, -0.05) is 168 Å². The number of Topliss-reactive ketones (excluding diaryl/α,β-unsaturated/α-hetero) is 2. The number of anilines is 3. The van der Waals surface area contributed by atoms with E-state index in [9.17, 15) is 14.4 Å². The number of aromatic nitrogens is 2. The van der Waals surface area contributed by atoms with Crippen molar-refractivity contribution in [1.82, 2.24) is 9.97 Å². The van der Waals surface area contributed by atoms with Gasteiger partial charge in [0, 0.05) is 19.3 Å². The van der Waals surface area contributed by atoms with Crippen molar-refractivity contribution in [2.45, 2.75) is 213 Å². The first kappa shape index (κ1) is 43.7. The molecule has 288 valence electrons. The fourth-order valence-electron chi connectivity index (χ4n) is 7.01. The van der Waals surface area contributed by atoms with Crippen molar-refractivity contribution in [3.63, 3.8) is 0 Å². The first-order valence-electron chi connectivity index (χ1n) is 21.0. The number of nitrogens with two attached hydrogens (primary N) is 1. The molecule has 0 fully saturated rings. The number of nitrogens with one attached hydrogen (secondary N) is 2. The van der Waals surface area contributed by atoms with Crippen LogP contribution in [-0.2, 0) is 14.3 Å². The van der Waals surface area contributed by atoms with Crippen molar-refractivity contribution in [2.24, 2.45) is 0 Å². The predicted molar refractivity (Wildman–Crippen MR) is 210 cm³/mol. The molecule has 0 aliphatic carbocycles. The summed E-state index contributed by atoms with van der Waals surface area (Å²) in [4.78, 5) is 47.0. The van der Waals surface area contributed by atoms with Crippen LogP contribution in [0.5, 0.6) is 0 Å². The monoisotopic (exact) mass is 702 g/mol. The number of H-pyrrole nitrogens is 1. The van der Waals surface area contributed by atoms with Gasteiger partial charge in [-0.05, 0) is 19.3 Å². The average molecular weight is 702 g/mol. The number of rotatable bonds is 35. The minimum Gasteiger partial charge on any atom is -0.369 e. The summed E-state index contributed by atoms with van der Waals surface area (Å²) >= 11 is 0. The molecule has 0 bridgehead atoms. The van der Waals surface area contributed by atoms with E-state index in [2.05, 4.69) is 29.1 Å². The number of ketones is 2. The molecule has 9 nitrogen and oxygen atoms in total. The highest BCUT2D eigenvalue weighted by molar-refractivity contribution is 5.88. The van der Waals surface area contributed by atoms with Gasteiger partial charge in [-0.15, -0.1) is 0 Å². The maximum atomic E-state index is 13.5. The van der Waals surface area contributed by atoms with Gasteiger partial charge in [0.2, 0.25) is 5.95 Å². The minimum atomic E-state index is -0.870. The van der Waals surface area contributed by atoms with Crippen molar-refractivity contribution in [2.75, 3.05) is 29.2 Å². The van der Waals surface area contributed by atoms with E-state index in [0.717, 1.165) is 32.1 Å². The molecule has 0 spiro atoms. The third kappa shape index (κ3) is 19.8. The van der Waals surface area contributed by atoms with E-state index in [-0.39, 0.29) is 29.7 Å². The molecule has 0 aromatic carbocycles. The van der Waals surface area contributed by atoms with E-state index in [0.29, 0.717) is 43.8 Å². The summed E-state index contributed by atoms with van der Waals surface area (Å²) in [5, 5.41) is 3.04. The number of nitrogen functional groups attached to an aromatic ring is 1. The second-order valence-electron chi connectivity index (χ2n) is 14.8. The fourth-order valence-corrected chi connectivity index (χ4v) is 7.01. The van der Waals surface area contributed by atoms with E-state index < -0.39 is 6.23 Å². The van der Waals surface area contributed by atoms with E-state index in [4.69, 9.17) is 10.5 Å². The molecule has 9 heteroatoms. The molecule has 0 saturated carbocycles. The molecule has 50 heavy (non-hydrogen) atoms. The highest BCUT2D eigenvalue weighted by atomic mass is 16.5. The SMILES string of the molecule is CCCCCCCCCCCCCCCC(=O)CCCOC(C(=O)CCCCCCCCCCCCCCC)N1CNc2c1nc(N)[nH]c2=O. The molecule has 1 aliphatic heterocycles. The summed E-state index contributed by atoms with van der Waals surface area (Å²) in [6, 6.07) is 0. The van der Waals surface area contributed by atoms with Crippen LogP contribution in [0.2, 0.25) is 0 Å². The van der Waals surface area contributed by atoms with Crippen LogP contribution in [0.15, 0.2) is 4.79 Å². The number of nitrogens with zero attached hydrogens (tertiary/aromatic N) is 2. The van der Waals surface area contributed by atoms with Gasteiger partial charge in [-0.2, -0.15) is 4.98 Å². The number of fused-ring (bicyclic) bond motifs is 1. The van der Waals surface area contributed by atoms with E-state index in [1.165, 1.54) is 135 Å². The summed E-state index contributed by atoms with van der Waals surface area (Å²) in [7, 11) is 0. The number of carbonyl (C=O) groups excluding carboxylic acids is 2. The highest BCUT2D eigenvalue weighted by Gasteiger charge is 2.34. The summed E-state index contributed by atoms with van der Waals surface area (Å²) in [5.41, 5.74) is 5.77. The lowest BCUT2D eigenvalue weighted by Gasteiger charge is -2.27. The van der Waals surface area contributed by atoms with Gasteiger partial charge in [0.1, 0.15) is 11.5 Å². The third-order valence-electron chi connectivity index (χ3n) is 10.1. The zero-order valence-corrected chi connectivity index (χ0v) is 32.3. The summed E-state index contributed by atoms with van der Waals surface area (Å²) in [6.45, 7) is 5.06. The van der Waals surface area contributed by atoms with Crippen LogP contribution in [0.3, 0.4) is 0 Å². The maximum Gasteiger partial charge on any atom is 0.277 e. The number of hydrogen-bond acceptors (Lipinski definition) is 8. The Morgan fingerprint density at radius 1 is 0.660 bits per heavy atom. The molecule has 1 atom stereocenters. The molecule has 1 aromatic rings. The number of aromatic amines is 1. The van der Waals surface area contributed by atoms with Crippen molar-refractivity contribution >= 4 is 29.0 Å². The molecule has 0 amide bonds. The summed E-state index contributed by atoms with van der Waals surface area (Å²) in [5.74, 6) is 0.583. The second-order valence-corrected chi connectivity index (χ2v) is 14.8. The Labute approximate surface area is 305 Å². The van der Waals surface area contributed by atoms with Crippen molar-refractivity contribution < 1.29 is 14.3 Å². The van der Waals surface area contributed by atoms with Crippen LogP contribution in [0, 0.1) is 0 Å². The zero-order chi connectivity index (χ0) is 36.1. The van der Waals surface area contributed by atoms with Crippen LogP contribution in [0.4, 0.5) is 17.5 Å². The molecule has 1 unspecified atom stereocenters. The maximum absolute atomic E-state index is 13.5. The van der Waals surface area contributed by atoms with Gasteiger partial charge in [0.15, 0.2) is 17.8 Å². The van der Waals surface area contributed by atoms with E-state index in [1.807, 2.05) is 0 Å². The predicted octanol–water partition coefficient (Wildman–Crippen LogP) is 10.8. The molecule has 2 rings (SSSR count). The van der Waals surface area contributed by atoms with Gasteiger partial charge < -0.3 is 20.7 Å². The first-order chi connectivity index (χ1) is 24.5. The van der Waals surface area contributed by atoms with Crippen LogP contribution in [-0.4, -0.2) is 41.0 Å². The van der Waals surface area contributed by atoms with Gasteiger partial charge >= 0.3 is 0 Å². The van der Waals surface area contributed by atoms with Crippen LogP contribution in [0.1, 0.15) is 206 Å². The Morgan fingerprint density at radius 2 is 1.08 bits per heavy atom. The first-order valence-corrected chi connectivity index (χ1v) is 21.0. The van der Waals surface area contributed by atoms with Crippen molar-refractivity contribution in [3.8, 4) is 0 Å². The zero-order valence-electron chi connectivity index (χ0n) is 32.3. The Balaban J connectivity index is 1.64. The fraction of sp³-hybridized carbons (Fsp3) is 0.854. The smallest absolute Gasteiger partial charge is 0.277 e. The third-order valence-corrected chi connectivity index (χ3v) is 10.1. The topological polar surface area (TPSA) is 130 Å². The van der Waals surface area contributed by atoms with Gasteiger partial charge in [0.05, 0.1) is 13.3 Å². The Hall–Kier alpha value is -2.42. The molecule has 1 aromatic heterocycles. The Morgan fingerprint density at radius 3 is 1.56 bits per heavy atom. The van der Waals surface area contributed by atoms with Gasteiger partial charge in [-0.25, -0.2) is 0 Å². The van der Waals surface area contributed by atoms with Gasteiger partial charge in [0.25, 0.3) is 5.56 Å². The lowest BCUT2D eigenvalue weighted by Crippen LogP contribution is -2.44. The van der Waals surface area contributed by atoms with E-state index >= 15 is 0 Å². The Bertz CT molecular complexity index is 1080.